The molecule has 1 aliphatic rings. The van der Waals surface area contributed by atoms with Gasteiger partial charge in [0.25, 0.3) is 0 Å². The quantitative estimate of drug-likeness (QED) is 0.694. The monoisotopic (exact) mass is 335 g/mol. The van der Waals surface area contributed by atoms with E-state index in [1.54, 1.807) is 0 Å². The van der Waals surface area contributed by atoms with E-state index in [1.165, 1.54) is 18.5 Å². The fraction of sp³-hybridized carbons (Fsp3) is 0.400. The Labute approximate surface area is 148 Å². The summed E-state index contributed by atoms with van der Waals surface area (Å²) in [4.78, 5) is 11.6. The van der Waals surface area contributed by atoms with Crippen molar-refractivity contribution in [2.45, 2.75) is 33.0 Å². The van der Waals surface area contributed by atoms with E-state index < -0.39 is 0 Å². The highest BCUT2D eigenvalue weighted by atomic mass is 15.2. The molecule has 0 amide bonds. The van der Waals surface area contributed by atoms with Gasteiger partial charge in [0.15, 0.2) is 11.6 Å². The Morgan fingerprint density at radius 2 is 1.72 bits per heavy atom. The molecule has 0 bridgehead atoms. The highest BCUT2D eigenvalue weighted by Crippen LogP contribution is 2.23. The Kier molecular flexibility index (Phi) is 4.65. The molecule has 1 unspecified atom stereocenters. The Bertz CT molecular complexity index is 804. The first-order valence-corrected chi connectivity index (χ1v) is 9.12. The Balaban J connectivity index is 1.42. The molecule has 1 aliphatic heterocycles. The molecule has 2 aromatic heterocycles. The van der Waals surface area contributed by atoms with Crippen LogP contribution in [0.1, 0.15) is 18.9 Å². The van der Waals surface area contributed by atoms with E-state index in [4.69, 9.17) is 0 Å². The van der Waals surface area contributed by atoms with E-state index in [1.807, 2.05) is 18.6 Å². The van der Waals surface area contributed by atoms with Crippen LogP contribution in [0.2, 0.25) is 0 Å². The van der Waals surface area contributed by atoms with E-state index in [2.05, 4.69) is 67.5 Å². The summed E-state index contributed by atoms with van der Waals surface area (Å²) >= 11 is 0. The zero-order chi connectivity index (χ0) is 17.1. The van der Waals surface area contributed by atoms with Crippen LogP contribution in [-0.2, 0) is 19.6 Å². The van der Waals surface area contributed by atoms with E-state index >= 15 is 0 Å². The summed E-state index contributed by atoms with van der Waals surface area (Å²) in [5.74, 6) is 2.61. The summed E-state index contributed by atoms with van der Waals surface area (Å²) in [5, 5.41) is 0. The summed E-state index contributed by atoms with van der Waals surface area (Å²) in [6, 6.07) is 10.8. The van der Waals surface area contributed by atoms with Crippen molar-refractivity contribution in [1.29, 1.82) is 0 Å². The second-order valence-electron chi connectivity index (χ2n) is 6.82. The maximum Gasteiger partial charge on any atom is 0.176 e. The van der Waals surface area contributed by atoms with Crippen molar-refractivity contribution in [3.8, 4) is 11.6 Å². The number of imidazole rings is 2. The predicted octanol–water partition coefficient (Wildman–Crippen LogP) is 3.29. The molecular weight excluding hydrogens is 310 g/mol. The number of rotatable bonds is 6. The summed E-state index contributed by atoms with van der Waals surface area (Å²) in [6.07, 6.45) is 9.10. The average molecular weight is 335 g/mol. The number of hydrogen-bond donors (Lipinski definition) is 0. The molecule has 1 saturated heterocycles. The molecule has 3 heterocycles. The number of nitrogens with zero attached hydrogens (tertiary/aromatic N) is 5. The molecule has 0 spiro atoms. The van der Waals surface area contributed by atoms with Crippen molar-refractivity contribution < 1.29 is 0 Å². The van der Waals surface area contributed by atoms with Gasteiger partial charge in [0.1, 0.15) is 0 Å². The third-order valence-electron chi connectivity index (χ3n) is 5.05. The smallest absolute Gasteiger partial charge is 0.176 e. The third kappa shape index (κ3) is 3.51. The molecule has 4 rings (SSSR count). The largest absolute Gasteiger partial charge is 0.329 e. The topological polar surface area (TPSA) is 38.9 Å². The van der Waals surface area contributed by atoms with Gasteiger partial charge in [-0.15, -0.1) is 0 Å². The number of aromatic nitrogens is 4. The maximum atomic E-state index is 4.56. The predicted molar refractivity (Wildman–Crippen MR) is 98.9 cm³/mol. The van der Waals surface area contributed by atoms with Crippen LogP contribution < -0.4 is 0 Å². The number of benzene rings is 1. The lowest BCUT2D eigenvalue weighted by atomic mass is 10.1. The van der Waals surface area contributed by atoms with Crippen LogP contribution in [0.5, 0.6) is 0 Å². The molecule has 0 radical (unpaired) electrons. The van der Waals surface area contributed by atoms with Gasteiger partial charge in [0.2, 0.25) is 0 Å². The molecule has 1 aromatic carbocycles. The minimum atomic E-state index is 0.668. The van der Waals surface area contributed by atoms with Gasteiger partial charge in [0.05, 0.1) is 0 Å². The molecule has 1 fully saturated rings. The fourth-order valence-electron chi connectivity index (χ4n) is 3.76. The van der Waals surface area contributed by atoms with Crippen LogP contribution in [-0.4, -0.2) is 37.1 Å². The van der Waals surface area contributed by atoms with Crippen molar-refractivity contribution >= 4 is 0 Å². The van der Waals surface area contributed by atoms with Crippen molar-refractivity contribution in [1.82, 2.24) is 24.0 Å². The van der Waals surface area contributed by atoms with Gasteiger partial charge in [-0.05, 0) is 31.4 Å². The van der Waals surface area contributed by atoms with Crippen molar-refractivity contribution in [2.75, 3.05) is 13.1 Å². The number of hydrogen-bond acceptors (Lipinski definition) is 3. The van der Waals surface area contributed by atoms with Crippen molar-refractivity contribution in [3.05, 3.63) is 60.7 Å². The zero-order valence-corrected chi connectivity index (χ0v) is 14.8. The highest BCUT2D eigenvalue weighted by Gasteiger charge is 2.24. The molecule has 25 heavy (non-hydrogen) atoms. The molecular formula is C20H25N5. The second-order valence-corrected chi connectivity index (χ2v) is 6.82. The fourth-order valence-corrected chi connectivity index (χ4v) is 3.76. The summed E-state index contributed by atoms with van der Waals surface area (Å²) in [7, 11) is 0. The van der Waals surface area contributed by atoms with E-state index in [9.17, 15) is 0 Å². The van der Waals surface area contributed by atoms with E-state index in [0.717, 1.165) is 37.8 Å². The van der Waals surface area contributed by atoms with Crippen molar-refractivity contribution in [2.24, 2.45) is 5.92 Å². The lowest BCUT2D eigenvalue weighted by Gasteiger charge is -2.17. The van der Waals surface area contributed by atoms with E-state index in [0.29, 0.717) is 5.92 Å². The van der Waals surface area contributed by atoms with Crippen molar-refractivity contribution in [3.63, 3.8) is 0 Å². The minimum Gasteiger partial charge on any atom is -0.329 e. The summed E-state index contributed by atoms with van der Waals surface area (Å²) in [6.45, 7) is 7.43. The standard InChI is InChI=1S/C20H25N5/c1-2-24-12-9-21-19(24)20-22-10-13-25(20)16-18-8-11-23(15-18)14-17-6-4-3-5-7-17/h3-7,9-10,12-13,18H,2,8,11,14-16H2,1H3. The van der Waals surface area contributed by atoms with Gasteiger partial charge in [-0.25, -0.2) is 9.97 Å². The third-order valence-corrected chi connectivity index (χ3v) is 5.05. The first-order valence-electron chi connectivity index (χ1n) is 9.12. The van der Waals surface area contributed by atoms with Gasteiger partial charge >= 0.3 is 0 Å². The number of aryl methyl sites for hydroxylation is 1. The summed E-state index contributed by atoms with van der Waals surface area (Å²) < 4.78 is 4.42. The van der Waals surface area contributed by atoms with E-state index in [-0.39, 0.29) is 0 Å². The van der Waals surface area contributed by atoms with Crippen LogP contribution in [0.25, 0.3) is 11.6 Å². The molecule has 5 heteroatoms. The Morgan fingerprint density at radius 3 is 2.48 bits per heavy atom. The van der Waals surface area contributed by atoms with Gasteiger partial charge in [-0.3, -0.25) is 4.90 Å². The van der Waals surface area contributed by atoms with Crippen LogP contribution >= 0.6 is 0 Å². The van der Waals surface area contributed by atoms with Gasteiger partial charge < -0.3 is 9.13 Å². The maximum absolute atomic E-state index is 4.56. The first kappa shape index (κ1) is 16.1. The van der Waals surface area contributed by atoms with Crippen LogP contribution in [0.3, 0.4) is 0 Å². The highest BCUT2D eigenvalue weighted by molar-refractivity contribution is 5.44. The van der Waals surface area contributed by atoms with Crippen LogP contribution in [0, 0.1) is 5.92 Å². The Morgan fingerprint density at radius 1 is 1.00 bits per heavy atom. The first-order chi connectivity index (χ1) is 12.3. The molecule has 5 nitrogen and oxygen atoms in total. The van der Waals surface area contributed by atoms with Crippen LogP contribution in [0.4, 0.5) is 0 Å². The summed E-state index contributed by atoms with van der Waals surface area (Å²) in [5.41, 5.74) is 1.40. The van der Waals surface area contributed by atoms with Gasteiger partial charge in [-0.1, -0.05) is 30.3 Å². The lowest BCUT2D eigenvalue weighted by molar-refractivity contribution is 0.309. The van der Waals surface area contributed by atoms with Crippen LogP contribution in [0.15, 0.2) is 55.1 Å². The Hall–Kier alpha value is -2.40. The molecule has 0 N–H and O–H groups in total. The number of likely N-dealkylation sites (tertiary alicyclic amines) is 1. The minimum absolute atomic E-state index is 0.668. The van der Waals surface area contributed by atoms with Gasteiger partial charge in [0, 0.05) is 51.0 Å². The average Bonchev–Trinajstić information content (AvgIpc) is 3.36. The normalized spacial score (nSPS) is 18.0. The lowest BCUT2D eigenvalue weighted by Crippen LogP contribution is -2.21. The SMILES string of the molecule is CCn1ccnc1-c1nccn1CC1CCN(Cc2ccccc2)C1. The second kappa shape index (κ2) is 7.23. The molecule has 0 aliphatic carbocycles. The molecule has 1 atom stereocenters. The molecule has 0 saturated carbocycles. The molecule has 3 aromatic rings. The zero-order valence-electron chi connectivity index (χ0n) is 14.8. The van der Waals surface area contributed by atoms with Gasteiger partial charge in [-0.2, -0.15) is 0 Å². The molecule has 130 valence electrons.